The van der Waals surface area contributed by atoms with Crippen LogP contribution < -0.4 is 10.6 Å². The third-order valence-electron chi connectivity index (χ3n) is 7.53. The number of fused-ring (bicyclic) bond motifs is 1. The third kappa shape index (κ3) is 9.75. The van der Waals surface area contributed by atoms with Crippen molar-refractivity contribution >= 4 is 23.1 Å². The lowest BCUT2D eigenvalue weighted by Gasteiger charge is -2.23. The number of hydrogen-bond donors (Lipinski definition) is 2. The Morgan fingerprint density at radius 1 is 0.953 bits per heavy atom. The largest absolute Gasteiger partial charge is 0.444 e. The molecule has 43 heavy (non-hydrogen) atoms. The number of hydrogen-bond acceptors (Lipinski definition) is 5. The number of carbonyl (C=O) groups excluding carboxylic acids is 2. The molecule has 0 saturated carbocycles. The fourth-order valence-corrected chi connectivity index (χ4v) is 5.63. The first kappa shape index (κ1) is 32.4. The maximum atomic E-state index is 12.5. The van der Waals surface area contributed by atoms with Crippen LogP contribution in [0, 0.1) is 12.8 Å². The van der Waals surface area contributed by atoms with Crippen LogP contribution in [0.2, 0.25) is 0 Å². The summed E-state index contributed by atoms with van der Waals surface area (Å²) in [5.41, 5.74) is 4.65. The van der Waals surface area contributed by atoms with Gasteiger partial charge in [-0.2, -0.15) is 0 Å². The molecule has 1 aliphatic rings. The molecule has 0 radical (unpaired) electrons. The van der Waals surface area contributed by atoms with Gasteiger partial charge in [0.1, 0.15) is 11.2 Å². The Morgan fingerprint density at radius 3 is 2.28 bits per heavy atom. The number of amides is 2. The Labute approximate surface area is 256 Å². The van der Waals surface area contributed by atoms with Gasteiger partial charge < -0.3 is 29.4 Å². The summed E-state index contributed by atoms with van der Waals surface area (Å²) in [6.45, 7) is 16.6. The van der Waals surface area contributed by atoms with Crippen molar-refractivity contribution in [2.45, 2.75) is 97.9 Å². The molecule has 234 valence electrons. The highest BCUT2D eigenvalue weighted by Crippen LogP contribution is 2.36. The predicted molar refractivity (Wildman–Crippen MR) is 170 cm³/mol. The summed E-state index contributed by atoms with van der Waals surface area (Å²) < 4.78 is 19.0. The summed E-state index contributed by atoms with van der Waals surface area (Å²) in [5.74, 6) is 0.597. The molecular formula is C35H49N3O5. The normalized spacial score (nSPS) is 15.2. The molecule has 3 aromatic rings. The SMILES string of the molecule is Cc1cccc(C(CCNC(=O)OC(C)(C)C)c2cn(CC3CCOCC3)c3ccc(CNC(=O)OC(C)(C)C)cc23)c1. The van der Waals surface area contributed by atoms with Gasteiger partial charge in [0.25, 0.3) is 0 Å². The maximum Gasteiger partial charge on any atom is 0.407 e. The Morgan fingerprint density at radius 2 is 1.63 bits per heavy atom. The summed E-state index contributed by atoms with van der Waals surface area (Å²) in [6.07, 6.45) is 4.26. The first-order valence-electron chi connectivity index (χ1n) is 15.5. The van der Waals surface area contributed by atoms with Gasteiger partial charge in [-0.25, -0.2) is 9.59 Å². The molecule has 1 aliphatic heterocycles. The predicted octanol–water partition coefficient (Wildman–Crippen LogP) is 7.45. The van der Waals surface area contributed by atoms with Gasteiger partial charge in [0.15, 0.2) is 0 Å². The molecule has 4 rings (SSSR count). The molecule has 1 fully saturated rings. The molecule has 2 amide bonds. The number of alkyl carbamates (subject to hydrolysis) is 2. The van der Waals surface area contributed by atoms with Crippen LogP contribution in [0.3, 0.4) is 0 Å². The van der Waals surface area contributed by atoms with Gasteiger partial charge in [-0.3, -0.25) is 0 Å². The highest BCUT2D eigenvalue weighted by Gasteiger charge is 2.24. The van der Waals surface area contributed by atoms with Gasteiger partial charge in [-0.15, -0.1) is 0 Å². The van der Waals surface area contributed by atoms with Crippen LogP contribution in [0.25, 0.3) is 10.9 Å². The van der Waals surface area contributed by atoms with E-state index in [1.54, 1.807) is 0 Å². The van der Waals surface area contributed by atoms with Gasteiger partial charge >= 0.3 is 12.2 Å². The molecule has 1 unspecified atom stereocenters. The van der Waals surface area contributed by atoms with Gasteiger partial charge in [-0.05, 0) is 102 Å². The lowest BCUT2D eigenvalue weighted by atomic mass is 9.87. The van der Waals surface area contributed by atoms with Crippen LogP contribution in [-0.4, -0.2) is 47.7 Å². The third-order valence-corrected chi connectivity index (χ3v) is 7.53. The van der Waals surface area contributed by atoms with Crippen molar-refractivity contribution in [3.63, 3.8) is 0 Å². The Kier molecular flexibility index (Phi) is 10.4. The summed E-state index contributed by atoms with van der Waals surface area (Å²) in [5, 5.41) is 7.02. The molecule has 8 heteroatoms. The number of ether oxygens (including phenoxy) is 3. The number of nitrogens with one attached hydrogen (secondary N) is 2. The lowest BCUT2D eigenvalue weighted by Crippen LogP contribution is -2.33. The molecule has 2 heterocycles. The minimum atomic E-state index is -0.559. The lowest BCUT2D eigenvalue weighted by molar-refractivity contribution is 0.0513. The van der Waals surface area contributed by atoms with E-state index in [0.29, 0.717) is 25.4 Å². The first-order chi connectivity index (χ1) is 20.3. The monoisotopic (exact) mass is 591 g/mol. The number of aryl methyl sites for hydroxylation is 1. The second kappa shape index (κ2) is 13.8. The number of rotatable bonds is 9. The van der Waals surface area contributed by atoms with Gasteiger partial charge in [-0.1, -0.05) is 35.9 Å². The average Bonchev–Trinajstić information content (AvgIpc) is 3.25. The van der Waals surface area contributed by atoms with Crippen molar-refractivity contribution in [3.8, 4) is 0 Å². The molecule has 1 saturated heterocycles. The molecule has 0 spiro atoms. The van der Waals surface area contributed by atoms with E-state index < -0.39 is 23.4 Å². The van der Waals surface area contributed by atoms with Crippen LogP contribution in [-0.2, 0) is 27.3 Å². The second-order valence-corrected chi connectivity index (χ2v) is 13.7. The van der Waals surface area contributed by atoms with E-state index >= 15 is 0 Å². The molecular weight excluding hydrogens is 542 g/mol. The van der Waals surface area contributed by atoms with E-state index in [2.05, 4.69) is 70.8 Å². The number of carbonyl (C=O) groups is 2. The molecule has 1 aromatic heterocycles. The molecule has 0 bridgehead atoms. The van der Waals surface area contributed by atoms with E-state index in [1.165, 1.54) is 22.2 Å². The summed E-state index contributed by atoms with van der Waals surface area (Å²) >= 11 is 0. The Balaban J connectivity index is 1.68. The molecule has 2 aromatic carbocycles. The minimum absolute atomic E-state index is 0.0438. The van der Waals surface area contributed by atoms with Gasteiger partial charge in [0.2, 0.25) is 0 Å². The summed E-state index contributed by atoms with van der Waals surface area (Å²) in [4.78, 5) is 24.9. The van der Waals surface area contributed by atoms with Gasteiger partial charge in [0, 0.05) is 55.9 Å². The van der Waals surface area contributed by atoms with Crippen LogP contribution in [0.4, 0.5) is 9.59 Å². The van der Waals surface area contributed by atoms with Crippen molar-refractivity contribution in [2.24, 2.45) is 5.92 Å². The van der Waals surface area contributed by atoms with Crippen molar-refractivity contribution in [1.82, 2.24) is 15.2 Å². The highest BCUT2D eigenvalue weighted by molar-refractivity contribution is 5.86. The topological polar surface area (TPSA) is 90.8 Å². The molecule has 2 N–H and O–H groups in total. The quantitative estimate of drug-likeness (QED) is 0.270. The van der Waals surface area contributed by atoms with Crippen molar-refractivity contribution in [2.75, 3.05) is 19.8 Å². The van der Waals surface area contributed by atoms with E-state index in [-0.39, 0.29) is 5.92 Å². The zero-order valence-corrected chi connectivity index (χ0v) is 26.9. The van der Waals surface area contributed by atoms with Crippen LogP contribution in [0.15, 0.2) is 48.7 Å². The van der Waals surface area contributed by atoms with E-state index in [4.69, 9.17) is 14.2 Å². The van der Waals surface area contributed by atoms with Crippen molar-refractivity contribution in [1.29, 1.82) is 0 Å². The minimum Gasteiger partial charge on any atom is -0.444 e. The van der Waals surface area contributed by atoms with Crippen LogP contribution >= 0.6 is 0 Å². The van der Waals surface area contributed by atoms with Crippen molar-refractivity contribution < 1.29 is 23.8 Å². The first-order valence-corrected chi connectivity index (χ1v) is 15.5. The smallest absolute Gasteiger partial charge is 0.407 e. The molecule has 0 aliphatic carbocycles. The van der Waals surface area contributed by atoms with E-state index in [9.17, 15) is 9.59 Å². The van der Waals surface area contributed by atoms with E-state index in [1.807, 2.05) is 41.5 Å². The summed E-state index contributed by atoms with van der Waals surface area (Å²) in [6, 6.07) is 15.0. The Bertz CT molecular complexity index is 1390. The van der Waals surface area contributed by atoms with E-state index in [0.717, 1.165) is 43.5 Å². The zero-order chi connectivity index (χ0) is 31.2. The standard InChI is InChI=1S/C35H49N3O5/c1-24-9-8-10-27(19-24)28(13-16-36-32(39)42-34(2,3)4)30-23-38(22-25-14-17-41-18-15-25)31-12-11-26(20-29(30)31)21-37-33(40)43-35(5,6)7/h8-12,19-20,23,25,28H,13-18,21-22H2,1-7H3,(H,36,39)(H,37,40). The number of aromatic nitrogens is 1. The van der Waals surface area contributed by atoms with Crippen LogP contribution in [0.1, 0.15) is 89.0 Å². The molecule has 8 nitrogen and oxygen atoms in total. The molecule has 1 atom stereocenters. The second-order valence-electron chi connectivity index (χ2n) is 13.7. The average molecular weight is 592 g/mol. The fourth-order valence-electron chi connectivity index (χ4n) is 5.63. The van der Waals surface area contributed by atoms with Crippen molar-refractivity contribution in [3.05, 3.63) is 70.9 Å². The maximum absolute atomic E-state index is 12.5. The summed E-state index contributed by atoms with van der Waals surface area (Å²) in [7, 11) is 0. The number of nitrogens with zero attached hydrogens (tertiary/aromatic N) is 1. The number of benzene rings is 2. The Hall–Kier alpha value is -3.52. The van der Waals surface area contributed by atoms with Gasteiger partial charge in [0.05, 0.1) is 0 Å². The zero-order valence-electron chi connectivity index (χ0n) is 26.9. The van der Waals surface area contributed by atoms with Crippen LogP contribution in [0.5, 0.6) is 0 Å². The highest BCUT2D eigenvalue weighted by atomic mass is 16.6. The fraction of sp³-hybridized carbons (Fsp3) is 0.543.